The minimum Gasteiger partial charge on any atom is -0.0683 e. The molecule has 0 spiro atoms. The predicted molar refractivity (Wildman–Crippen MR) is 129 cm³/mol. The molecule has 4 aromatic rings. The van der Waals surface area contributed by atoms with Crippen molar-refractivity contribution in [3.63, 3.8) is 0 Å². The Bertz CT molecular complexity index is 970. The van der Waals surface area contributed by atoms with Crippen molar-refractivity contribution in [2.75, 3.05) is 0 Å². The Morgan fingerprint density at radius 3 is 1.14 bits per heavy atom. The van der Waals surface area contributed by atoms with Crippen LogP contribution in [-0.4, -0.2) is 0 Å². The Labute approximate surface area is 170 Å². The van der Waals surface area contributed by atoms with Gasteiger partial charge < -0.3 is 0 Å². The molecule has 0 saturated heterocycles. The summed E-state index contributed by atoms with van der Waals surface area (Å²) in [5, 5.41) is 5.22. The Kier molecular flexibility index (Phi) is 8.02. The van der Waals surface area contributed by atoms with E-state index in [0.717, 1.165) is 0 Å². The zero-order chi connectivity index (χ0) is 20.5. The topological polar surface area (TPSA) is 0 Å². The van der Waals surface area contributed by atoms with Crippen LogP contribution in [0.1, 0.15) is 52.7 Å². The van der Waals surface area contributed by atoms with Crippen LogP contribution in [0.15, 0.2) is 84.9 Å². The van der Waals surface area contributed by atoms with Gasteiger partial charge in [0.2, 0.25) is 0 Å². The van der Waals surface area contributed by atoms with Crippen LogP contribution in [0, 0.1) is 0 Å². The summed E-state index contributed by atoms with van der Waals surface area (Å²) in [6.07, 6.45) is 0. The molecule has 0 amide bonds. The maximum absolute atomic E-state index is 2.24. The van der Waals surface area contributed by atoms with Gasteiger partial charge in [0.1, 0.15) is 0 Å². The third kappa shape index (κ3) is 4.34. The van der Waals surface area contributed by atoms with Crippen molar-refractivity contribution in [2.24, 2.45) is 0 Å². The van der Waals surface area contributed by atoms with E-state index < -0.39 is 0 Å². The van der Waals surface area contributed by atoms with Crippen molar-refractivity contribution in [3.05, 3.63) is 96.1 Å². The highest BCUT2D eigenvalue weighted by Crippen LogP contribution is 2.33. The molecule has 0 bridgehead atoms. The van der Waals surface area contributed by atoms with Crippen LogP contribution < -0.4 is 0 Å². The normalized spacial score (nSPS) is 11.1. The molecule has 0 aliphatic rings. The van der Waals surface area contributed by atoms with Gasteiger partial charge >= 0.3 is 0 Å². The molecular weight excluding hydrogens is 336 g/mol. The van der Waals surface area contributed by atoms with Crippen LogP contribution in [0.2, 0.25) is 0 Å². The Morgan fingerprint density at radius 2 is 0.750 bits per heavy atom. The van der Waals surface area contributed by atoms with E-state index >= 15 is 0 Å². The van der Waals surface area contributed by atoms with Crippen LogP contribution in [0.5, 0.6) is 0 Å². The fourth-order valence-electron chi connectivity index (χ4n) is 3.51. The standard InChI is InChI=1S/C24H20.2C2H6/c1-17(21-15-7-11-19-9-3-5-13-23(19)21)18(2)22-16-8-12-20-10-4-6-14-24(20)22;2*1-2/h3-16H,1-2H3;2*1-2H3/b18-17+;;. The zero-order valence-electron chi connectivity index (χ0n) is 18.1. The summed E-state index contributed by atoms with van der Waals surface area (Å²) in [6.45, 7) is 12.5. The molecule has 0 N–H and O–H groups in total. The third-order valence-electron chi connectivity index (χ3n) is 4.95. The fourth-order valence-corrected chi connectivity index (χ4v) is 3.51. The van der Waals surface area contributed by atoms with Crippen molar-refractivity contribution < 1.29 is 0 Å². The molecule has 28 heavy (non-hydrogen) atoms. The maximum atomic E-state index is 2.24. The van der Waals surface area contributed by atoms with Gasteiger partial charge in [0.15, 0.2) is 0 Å². The van der Waals surface area contributed by atoms with Crippen molar-refractivity contribution in [2.45, 2.75) is 41.5 Å². The molecule has 4 rings (SSSR count). The maximum Gasteiger partial charge on any atom is -0.0109 e. The molecule has 0 heterocycles. The third-order valence-corrected chi connectivity index (χ3v) is 4.95. The first kappa shape index (κ1) is 21.4. The second-order valence-electron chi connectivity index (χ2n) is 6.30. The van der Waals surface area contributed by atoms with Crippen molar-refractivity contribution >= 4 is 32.7 Å². The lowest BCUT2D eigenvalue weighted by Crippen LogP contribution is -1.89. The summed E-state index contributed by atoms with van der Waals surface area (Å²) < 4.78 is 0. The number of allylic oxidation sites excluding steroid dienone is 2. The first-order valence-electron chi connectivity index (χ1n) is 10.4. The average molecular weight is 369 g/mol. The van der Waals surface area contributed by atoms with E-state index in [2.05, 4.69) is 98.8 Å². The van der Waals surface area contributed by atoms with Gasteiger partial charge in [-0.05, 0) is 57.7 Å². The van der Waals surface area contributed by atoms with E-state index in [1.54, 1.807) is 0 Å². The molecule has 0 saturated carbocycles. The van der Waals surface area contributed by atoms with E-state index in [-0.39, 0.29) is 0 Å². The van der Waals surface area contributed by atoms with E-state index in [1.165, 1.54) is 43.8 Å². The van der Waals surface area contributed by atoms with E-state index in [4.69, 9.17) is 0 Å². The van der Waals surface area contributed by atoms with Gasteiger partial charge in [-0.1, -0.05) is 113 Å². The highest BCUT2D eigenvalue weighted by Gasteiger charge is 2.09. The second-order valence-corrected chi connectivity index (χ2v) is 6.30. The molecule has 0 aliphatic carbocycles. The molecule has 0 aliphatic heterocycles. The second kappa shape index (κ2) is 10.5. The van der Waals surface area contributed by atoms with Gasteiger partial charge in [0.05, 0.1) is 0 Å². The van der Waals surface area contributed by atoms with Crippen LogP contribution in [-0.2, 0) is 0 Å². The van der Waals surface area contributed by atoms with E-state index in [9.17, 15) is 0 Å². The zero-order valence-corrected chi connectivity index (χ0v) is 18.1. The lowest BCUT2D eigenvalue weighted by atomic mass is 9.91. The summed E-state index contributed by atoms with van der Waals surface area (Å²) in [5.74, 6) is 0. The number of hydrogen-bond acceptors (Lipinski definition) is 0. The summed E-state index contributed by atoms with van der Waals surface area (Å²) >= 11 is 0. The molecule has 0 unspecified atom stereocenters. The van der Waals surface area contributed by atoms with Crippen LogP contribution >= 0.6 is 0 Å². The Hall–Kier alpha value is -2.86. The molecule has 0 aromatic heterocycles. The Balaban J connectivity index is 0.000000660. The highest BCUT2D eigenvalue weighted by molar-refractivity contribution is 6.04. The largest absolute Gasteiger partial charge is 0.0683 e. The minimum absolute atomic E-state index is 1.29. The summed E-state index contributed by atoms with van der Waals surface area (Å²) in [4.78, 5) is 0. The van der Waals surface area contributed by atoms with Gasteiger partial charge in [-0.2, -0.15) is 0 Å². The molecule has 4 aromatic carbocycles. The van der Waals surface area contributed by atoms with Gasteiger partial charge in [-0.15, -0.1) is 0 Å². The van der Waals surface area contributed by atoms with Crippen molar-refractivity contribution in [3.8, 4) is 0 Å². The molecular formula is C28H32. The minimum atomic E-state index is 1.29. The lowest BCUT2D eigenvalue weighted by Gasteiger charge is -2.13. The number of fused-ring (bicyclic) bond motifs is 2. The molecule has 0 nitrogen and oxygen atoms in total. The lowest BCUT2D eigenvalue weighted by molar-refractivity contribution is 1.50. The molecule has 0 atom stereocenters. The first-order valence-corrected chi connectivity index (χ1v) is 10.4. The molecule has 144 valence electrons. The van der Waals surface area contributed by atoms with Gasteiger partial charge in [-0.3, -0.25) is 0 Å². The van der Waals surface area contributed by atoms with Crippen molar-refractivity contribution in [1.29, 1.82) is 0 Å². The number of rotatable bonds is 2. The van der Waals surface area contributed by atoms with E-state index in [0.29, 0.717) is 0 Å². The molecule has 0 heteroatoms. The monoisotopic (exact) mass is 368 g/mol. The quantitative estimate of drug-likeness (QED) is 0.310. The van der Waals surface area contributed by atoms with Gasteiger partial charge in [0.25, 0.3) is 0 Å². The highest BCUT2D eigenvalue weighted by atomic mass is 14.1. The van der Waals surface area contributed by atoms with Crippen molar-refractivity contribution in [1.82, 2.24) is 0 Å². The molecule has 0 fully saturated rings. The average Bonchev–Trinajstić information content (AvgIpc) is 2.80. The summed E-state index contributed by atoms with van der Waals surface area (Å²) in [7, 11) is 0. The fraction of sp³-hybridized carbons (Fsp3) is 0.214. The number of hydrogen-bond donors (Lipinski definition) is 0. The molecule has 0 radical (unpaired) electrons. The Morgan fingerprint density at radius 1 is 0.429 bits per heavy atom. The van der Waals surface area contributed by atoms with Gasteiger partial charge in [0, 0.05) is 0 Å². The van der Waals surface area contributed by atoms with E-state index in [1.807, 2.05) is 27.7 Å². The smallest absolute Gasteiger partial charge is 0.0109 e. The van der Waals surface area contributed by atoms with Crippen LogP contribution in [0.3, 0.4) is 0 Å². The summed E-state index contributed by atoms with van der Waals surface area (Å²) in [6, 6.07) is 30.3. The van der Waals surface area contributed by atoms with Gasteiger partial charge in [-0.25, -0.2) is 0 Å². The van der Waals surface area contributed by atoms with Crippen LogP contribution in [0.25, 0.3) is 32.7 Å². The predicted octanol–water partition coefficient (Wildman–Crippen LogP) is 9.00. The SMILES string of the molecule is C/C(=C(/C)c1cccc2ccccc12)c1cccc2ccccc12.CC.CC. The first-order chi connectivity index (χ1) is 13.8. The van der Waals surface area contributed by atoms with Crippen LogP contribution in [0.4, 0.5) is 0 Å². The number of benzene rings is 4. The summed E-state index contributed by atoms with van der Waals surface area (Å²) in [5.41, 5.74) is 5.31.